The van der Waals surface area contributed by atoms with E-state index in [0.717, 1.165) is 12.0 Å². The van der Waals surface area contributed by atoms with Crippen LogP contribution >= 0.6 is 0 Å². The van der Waals surface area contributed by atoms with Gasteiger partial charge in [-0.15, -0.1) is 0 Å². The van der Waals surface area contributed by atoms with E-state index in [2.05, 4.69) is 15.2 Å². The van der Waals surface area contributed by atoms with Crippen molar-refractivity contribution in [1.82, 2.24) is 20.1 Å². The molecule has 1 aromatic carbocycles. The monoisotopic (exact) mass is 378 g/mol. The summed E-state index contributed by atoms with van der Waals surface area (Å²) in [6.45, 7) is 1.38. The number of pyridine rings is 1. The zero-order valence-corrected chi connectivity index (χ0v) is 15.0. The number of hydrogen-bond acceptors (Lipinski definition) is 6. The number of likely N-dealkylation sites (tertiary alicyclic amines) is 1. The van der Waals surface area contributed by atoms with Gasteiger partial charge in [0.2, 0.25) is 12.7 Å². The molecule has 0 radical (unpaired) electrons. The van der Waals surface area contributed by atoms with Gasteiger partial charge in [-0.05, 0) is 30.3 Å². The van der Waals surface area contributed by atoms with Crippen LogP contribution in [0.5, 0.6) is 17.4 Å². The van der Waals surface area contributed by atoms with Gasteiger partial charge < -0.3 is 19.1 Å². The zero-order chi connectivity index (χ0) is 18.9. The smallest absolute Gasteiger partial charge is 0.272 e. The van der Waals surface area contributed by atoms with Crippen molar-refractivity contribution in [3.63, 3.8) is 0 Å². The number of nitrogens with zero attached hydrogens (tertiary/aromatic N) is 3. The SMILES string of the molecule is O=C(c1cc(-c2ccc3c(c2)OCO3)n[nH]1)N1CCC(Oc2ccccn2)C1. The minimum atomic E-state index is -0.0911. The Bertz CT molecular complexity index is 1000. The molecule has 4 heterocycles. The molecule has 1 unspecified atom stereocenters. The van der Waals surface area contributed by atoms with Gasteiger partial charge in [-0.1, -0.05) is 6.07 Å². The minimum Gasteiger partial charge on any atom is -0.472 e. The number of hydrogen-bond donors (Lipinski definition) is 1. The lowest BCUT2D eigenvalue weighted by atomic mass is 10.1. The van der Waals surface area contributed by atoms with Crippen LogP contribution in [0.15, 0.2) is 48.7 Å². The number of aromatic nitrogens is 3. The first-order valence-electron chi connectivity index (χ1n) is 9.09. The second-order valence-corrected chi connectivity index (χ2v) is 6.68. The van der Waals surface area contributed by atoms with E-state index >= 15 is 0 Å². The number of benzene rings is 1. The van der Waals surface area contributed by atoms with Gasteiger partial charge in [0.15, 0.2) is 11.5 Å². The van der Waals surface area contributed by atoms with Crippen LogP contribution < -0.4 is 14.2 Å². The molecule has 1 amide bonds. The first kappa shape index (κ1) is 16.6. The van der Waals surface area contributed by atoms with Crippen LogP contribution in [-0.2, 0) is 0 Å². The highest BCUT2D eigenvalue weighted by atomic mass is 16.7. The summed E-state index contributed by atoms with van der Waals surface area (Å²) in [5.41, 5.74) is 1.99. The van der Waals surface area contributed by atoms with Crippen LogP contribution in [0.4, 0.5) is 0 Å². The lowest BCUT2D eigenvalue weighted by Gasteiger charge is -2.16. The van der Waals surface area contributed by atoms with Gasteiger partial charge in [0, 0.05) is 30.8 Å². The summed E-state index contributed by atoms with van der Waals surface area (Å²) in [5.74, 6) is 1.88. The van der Waals surface area contributed by atoms with E-state index in [4.69, 9.17) is 14.2 Å². The van der Waals surface area contributed by atoms with Crippen molar-refractivity contribution in [2.24, 2.45) is 0 Å². The fourth-order valence-electron chi connectivity index (χ4n) is 3.40. The molecule has 0 aliphatic carbocycles. The fraction of sp³-hybridized carbons (Fsp3) is 0.250. The van der Waals surface area contributed by atoms with Gasteiger partial charge in [0.05, 0.1) is 12.2 Å². The van der Waals surface area contributed by atoms with Crippen LogP contribution in [-0.4, -0.2) is 52.0 Å². The molecule has 0 saturated carbocycles. The average molecular weight is 378 g/mol. The Morgan fingerprint density at radius 1 is 1.18 bits per heavy atom. The van der Waals surface area contributed by atoms with E-state index < -0.39 is 0 Å². The van der Waals surface area contributed by atoms with Gasteiger partial charge in [-0.25, -0.2) is 4.98 Å². The van der Waals surface area contributed by atoms with E-state index in [9.17, 15) is 4.79 Å². The maximum Gasteiger partial charge on any atom is 0.272 e. The Morgan fingerprint density at radius 2 is 2.11 bits per heavy atom. The van der Waals surface area contributed by atoms with Crippen LogP contribution in [0.3, 0.4) is 0 Å². The Kier molecular flexibility index (Phi) is 4.08. The highest BCUT2D eigenvalue weighted by Gasteiger charge is 2.29. The third-order valence-electron chi connectivity index (χ3n) is 4.83. The number of ether oxygens (including phenoxy) is 3. The van der Waals surface area contributed by atoms with Crippen LogP contribution in [0.25, 0.3) is 11.3 Å². The van der Waals surface area contributed by atoms with Gasteiger partial charge in [0.1, 0.15) is 11.8 Å². The molecule has 1 atom stereocenters. The van der Waals surface area contributed by atoms with Gasteiger partial charge >= 0.3 is 0 Å². The molecular formula is C20H18N4O4. The lowest BCUT2D eigenvalue weighted by Crippen LogP contribution is -2.31. The number of carbonyl (C=O) groups excluding carboxylic acids is 1. The number of fused-ring (bicyclic) bond motifs is 1. The summed E-state index contributed by atoms with van der Waals surface area (Å²) < 4.78 is 16.6. The first-order valence-corrected chi connectivity index (χ1v) is 9.09. The van der Waals surface area contributed by atoms with Crippen molar-refractivity contribution < 1.29 is 19.0 Å². The lowest BCUT2D eigenvalue weighted by molar-refractivity contribution is 0.0765. The molecule has 3 aromatic rings. The summed E-state index contributed by atoms with van der Waals surface area (Å²) in [5, 5.41) is 7.13. The van der Waals surface area contributed by atoms with E-state index in [1.807, 2.05) is 36.4 Å². The van der Waals surface area contributed by atoms with Crippen molar-refractivity contribution in [2.75, 3.05) is 19.9 Å². The van der Waals surface area contributed by atoms with Gasteiger partial charge in [0.25, 0.3) is 5.91 Å². The van der Waals surface area contributed by atoms with E-state index in [1.165, 1.54) is 0 Å². The minimum absolute atomic E-state index is 0.0601. The number of aromatic amines is 1. The molecule has 142 valence electrons. The largest absolute Gasteiger partial charge is 0.472 e. The normalized spacial score (nSPS) is 17.7. The van der Waals surface area contributed by atoms with Crippen molar-refractivity contribution in [3.05, 3.63) is 54.4 Å². The summed E-state index contributed by atoms with van der Waals surface area (Å²) in [6.07, 6.45) is 2.40. The molecule has 2 aromatic heterocycles. The zero-order valence-electron chi connectivity index (χ0n) is 15.0. The predicted molar refractivity (Wildman–Crippen MR) is 99.3 cm³/mol. The van der Waals surface area contributed by atoms with E-state index in [-0.39, 0.29) is 18.8 Å². The van der Waals surface area contributed by atoms with Crippen LogP contribution in [0, 0.1) is 0 Å². The number of nitrogens with one attached hydrogen (secondary N) is 1. The number of carbonyl (C=O) groups is 1. The first-order chi connectivity index (χ1) is 13.8. The number of H-pyrrole nitrogens is 1. The number of amides is 1. The van der Waals surface area contributed by atoms with E-state index in [1.54, 1.807) is 17.2 Å². The molecule has 1 N–H and O–H groups in total. The summed E-state index contributed by atoms with van der Waals surface area (Å²) in [7, 11) is 0. The maximum absolute atomic E-state index is 12.8. The van der Waals surface area contributed by atoms with E-state index in [0.29, 0.717) is 41.9 Å². The Morgan fingerprint density at radius 3 is 3.00 bits per heavy atom. The molecular weight excluding hydrogens is 360 g/mol. The third kappa shape index (κ3) is 3.13. The van der Waals surface area contributed by atoms with Crippen LogP contribution in [0.2, 0.25) is 0 Å². The summed E-state index contributed by atoms with van der Waals surface area (Å²) >= 11 is 0. The van der Waals surface area contributed by atoms with Crippen molar-refractivity contribution in [2.45, 2.75) is 12.5 Å². The molecule has 2 aliphatic rings. The molecule has 2 aliphatic heterocycles. The molecule has 8 heteroatoms. The second kappa shape index (κ2) is 6.88. The van der Waals surface area contributed by atoms with Crippen molar-refractivity contribution >= 4 is 5.91 Å². The maximum atomic E-state index is 12.8. The van der Waals surface area contributed by atoms with Crippen LogP contribution in [0.1, 0.15) is 16.9 Å². The summed E-state index contributed by atoms with van der Waals surface area (Å²) in [4.78, 5) is 18.8. The predicted octanol–water partition coefficient (Wildman–Crippen LogP) is 2.49. The Labute approximate surface area is 161 Å². The summed E-state index contributed by atoms with van der Waals surface area (Å²) in [6, 6.07) is 12.9. The molecule has 1 saturated heterocycles. The van der Waals surface area contributed by atoms with Gasteiger partial charge in [-0.2, -0.15) is 5.10 Å². The third-order valence-corrected chi connectivity index (χ3v) is 4.83. The quantitative estimate of drug-likeness (QED) is 0.750. The standard InChI is InChI=1S/C20H18N4O4/c25-20(24-8-6-14(11-24)28-19-3-1-2-7-21-19)16-10-15(22-23-16)13-4-5-17-18(9-13)27-12-26-17/h1-5,7,9-10,14H,6,8,11-12H2,(H,22,23). The highest BCUT2D eigenvalue weighted by molar-refractivity contribution is 5.93. The fourth-order valence-corrected chi connectivity index (χ4v) is 3.40. The molecule has 8 nitrogen and oxygen atoms in total. The topological polar surface area (TPSA) is 89.6 Å². The second-order valence-electron chi connectivity index (χ2n) is 6.68. The van der Waals surface area contributed by atoms with Crippen molar-refractivity contribution in [3.8, 4) is 28.6 Å². The highest BCUT2D eigenvalue weighted by Crippen LogP contribution is 2.35. The number of rotatable bonds is 4. The molecule has 5 rings (SSSR count). The molecule has 28 heavy (non-hydrogen) atoms. The Hall–Kier alpha value is -3.55. The Balaban J connectivity index is 1.26. The van der Waals surface area contributed by atoms with Crippen molar-refractivity contribution in [1.29, 1.82) is 0 Å². The average Bonchev–Trinajstić information content (AvgIpc) is 3.48. The molecule has 0 spiro atoms. The molecule has 1 fully saturated rings. The molecule has 0 bridgehead atoms. The van der Waals surface area contributed by atoms with Gasteiger partial charge in [-0.3, -0.25) is 9.89 Å².